The molecule has 0 radical (unpaired) electrons. The molecule has 1 N–H and O–H groups in total. The lowest BCUT2D eigenvalue weighted by molar-refractivity contribution is -0.117. The first-order chi connectivity index (χ1) is 13.0. The Morgan fingerprint density at radius 3 is 2.81 bits per heavy atom. The van der Waals surface area contributed by atoms with Crippen LogP contribution in [0.25, 0.3) is 6.08 Å². The monoisotopic (exact) mass is 384 g/mol. The Morgan fingerprint density at radius 1 is 1.33 bits per heavy atom. The summed E-state index contributed by atoms with van der Waals surface area (Å²) in [5.74, 6) is -0.200. The number of nitrogens with zero attached hydrogens (tertiary/aromatic N) is 5. The van der Waals surface area contributed by atoms with E-state index >= 15 is 0 Å². The fraction of sp³-hybridized carbons (Fsp3) is 0.263. The van der Waals surface area contributed by atoms with E-state index < -0.39 is 0 Å². The van der Waals surface area contributed by atoms with Crippen molar-refractivity contribution in [3.05, 3.63) is 71.0 Å². The van der Waals surface area contributed by atoms with Crippen molar-refractivity contribution in [3.63, 3.8) is 0 Å². The van der Waals surface area contributed by atoms with Crippen LogP contribution in [0.2, 0.25) is 5.15 Å². The lowest BCUT2D eigenvalue weighted by Gasteiger charge is -2.11. The highest BCUT2D eigenvalue weighted by Gasteiger charge is 2.12. The molecule has 2 heterocycles. The van der Waals surface area contributed by atoms with Crippen LogP contribution in [0.15, 0.2) is 49.1 Å². The van der Waals surface area contributed by atoms with Crippen molar-refractivity contribution in [1.82, 2.24) is 29.9 Å². The predicted octanol–water partition coefficient (Wildman–Crippen LogP) is 2.70. The second kappa shape index (κ2) is 8.64. The fourth-order valence-electron chi connectivity index (χ4n) is 2.72. The molecule has 1 aromatic carbocycles. The van der Waals surface area contributed by atoms with Gasteiger partial charge in [-0.25, -0.2) is 9.67 Å². The van der Waals surface area contributed by atoms with Crippen LogP contribution in [0.1, 0.15) is 23.7 Å². The molecule has 3 aromatic rings. The summed E-state index contributed by atoms with van der Waals surface area (Å²) in [6, 6.07) is 9.88. The average Bonchev–Trinajstić information content (AvgIpc) is 3.23. The molecule has 0 aliphatic heterocycles. The Kier molecular flexibility index (Phi) is 6.03. The van der Waals surface area contributed by atoms with Crippen LogP contribution in [0.4, 0.5) is 0 Å². The van der Waals surface area contributed by atoms with Gasteiger partial charge in [0.2, 0.25) is 5.91 Å². The number of benzene rings is 1. The van der Waals surface area contributed by atoms with Crippen molar-refractivity contribution >= 4 is 23.6 Å². The topological polar surface area (TPSA) is 77.6 Å². The third-order valence-corrected chi connectivity index (χ3v) is 4.40. The third kappa shape index (κ3) is 5.04. The van der Waals surface area contributed by atoms with Crippen LogP contribution in [0.5, 0.6) is 0 Å². The minimum absolute atomic E-state index is 0.0822. The van der Waals surface area contributed by atoms with Gasteiger partial charge in [-0.15, -0.1) is 0 Å². The number of hydrogen-bond donors (Lipinski definition) is 1. The SMILES string of the molecule is Cc1nn(Cc2ccccc2)c(Cl)c1C=CC(=O)NC(C)Cn1cncn1. The Hall–Kier alpha value is -2.93. The van der Waals surface area contributed by atoms with Crippen molar-refractivity contribution in [2.75, 3.05) is 0 Å². The molecule has 7 nitrogen and oxygen atoms in total. The minimum atomic E-state index is -0.200. The molecule has 0 saturated heterocycles. The molecule has 2 aromatic heterocycles. The zero-order chi connectivity index (χ0) is 19.2. The molecule has 3 rings (SSSR count). The molecular weight excluding hydrogens is 364 g/mol. The molecular formula is C19H21ClN6O. The minimum Gasteiger partial charge on any atom is -0.348 e. The van der Waals surface area contributed by atoms with E-state index in [2.05, 4.69) is 20.5 Å². The molecule has 140 valence electrons. The first kappa shape index (κ1) is 18.8. The normalized spacial score (nSPS) is 12.4. The van der Waals surface area contributed by atoms with Crippen molar-refractivity contribution in [2.45, 2.75) is 33.0 Å². The van der Waals surface area contributed by atoms with Crippen LogP contribution >= 0.6 is 11.6 Å². The van der Waals surface area contributed by atoms with Gasteiger partial charge in [0.15, 0.2) is 0 Å². The maximum atomic E-state index is 12.2. The number of carbonyl (C=O) groups excluding carboxylic acids is 1. The van der Waals surface area contributed by atoms with E-state index in [-0.39, 0.29) is 11.9 Å². The molecule has 1 amide bonds. The fourth-order valence-corrected chi connectivity index (χ4v) is 3.02. The van der Waals surface area contributed by atoms with Crippen LogP contribution in [0, 0.1) is 6.92 Å². The van der Waals surface area contributed by atoms with Gasteiger partial charge in [-0.3, -0.25) is 9.48 Å². The summed E-state index contributed by atoms with van der Waals surface area (Å²) in [4.78, 5) is 16.0. The van der Waals surface area contributed by atoms with Crippen molar-refractivity contribution in [3.8, 4) is 0 Å². The summed E-state index contributed by atoms with van der Waals surface area (Å²) in [6.07, 6.45) is 6.25. The van der Waals surface area contributed by atoms with Gasteiger partial charge >= 0.3 is 0 Å². The molecule has 0 spiro atoms. The quantitative estimate of drug-likeness (QED) is 0.635. The van der Waals surface area contributed by atoms with E-state index in [0.29, 0.717) is 18.2 Å². The summed E-state index contributed by atoms with van der Waals surface area (Å²) >= 11 is 6.46. The summed E-state index contributed by atoms with van der Waals surface area (Å²) in [6.45, 7) is 4.91. The number of amides is 1. The van der Waals surface area contributed by atoms with Gasteiger partial charge in [-0.2, -0.15) is 10.2 Å². The van der Waals surface area contributed by atoms with Gasteiger partial charge in [-0.05, 0) is 25.5 Å². The van der Waals surface area contributed by atoms with Crippen molar-refractivity contribution in [1.29, 1.82) is 0 Å². The Labute approximate surface area is 162 Å². The van der Waals surface area contributed by atoms with Gasteiger partial charge in [0.1, 0.15) is 17.8 Å². The van der Waals surface area contributed by atoms with Gasteiger partial charge in [0.25, 0.3) is 0 Å². The first-order valence-electron chi connectivity index (χ1n) is 8.60. The number of carbonyl (C=O) groups is 1. The molecule has 0 fully saturated rings. The highest BCUT2D eigenvalue weighted by atomic mass is 35.5. The van der Waals surface area contributed by atoms with Crippen LogP contribution in [-0.4, -0.2) is 36.5 Å². The van der Waals surface area contributed by atoms with Crippen LogP contribution in [-0.2, 0) is 17.9 Å². The van der Waals surface area contributed by atoms with Gasteiger partial charge in [-0.1, -0.05) is 41.9 Å². The third-order valence-electron chi connectivity index (χ3n) is 4.00. The molecule has 1 unspecified atom stereocenters. The maximum Gasteiger partial charge on any atom is 0.244 e. The number of hydrogen-bond acceptors (Lipinski definition) is 4. The van der Waals surface area contributed by atoms with E-state index in [9.17, 15) is 4.79 Å². The van der Waals surface area contributed by atoms with Gasteiger partial charge in [0.05, 0.1) is 18.8 Å². The van der Waals surface area contributed by atoms with Crippen LogP contribution in [0.3, 0.4) is 0 Å². The molecule has 8 heteroatoms. The van der Waals surface area contributed by atoms with Crippen molar-refractivity contribution in [2.24, 2.45) is 0 Å². The number of aryl methyl sites for hydroxylation is 1. The summed E-state index contributed by atoms with van der Waals surface area (Å²) in [7, 11) is 0. The number of rotatable bonds is 7. The second-order valence-electron chi connectivity index (χ2n) is 6.29. The zero-order valence-corrected chi connectivity index (χ0v) is 16.0. The van der Waals surface area contributed by atoms with E-state index in [1.54, 1.807) is 21.8 Å². The smallest absolute Gasteiger partial charge is 0.244 e. The highest BCUT2D eigenvalue weighted by molar-refractivity contribution is 6.31. The standard InChI is InChI=1S/C19H21ClN6O/c1-14(10-25-13-21-12-22-25)23-18(27)9-8-17-15(2)24-26(19(17)20)11-16-6-4-3-5-7-16/h3-9,12-14H,10-11H2,1-2H3,(H,23,27). The maximum absolute atomic E-state index is 12.2. The molecule has 0 bridgehead atoms. The van der Waals surface area contributed by atoms with E-state index in [1.165, 1.54) is 12.4 Å². The summed E-state index contributed by atoms with van der Waals surface area (Å²) < 4.78 is 3.40. The molecule has 0 saturated carbocycles. The first-order valence-corrected chi connectivity index (χ1v) is 8.98. The van der Waals surface area contributed by atoms with E-state index in [4.69, 9.17) is 11.6 Å². The lowest BCUT2D eigenvalue weighted by Crippen LogP contribution is -2.34. The zero-order valence-electron chi connectivity index (χ0n) is 15.2. The van der Waals surface area contributed by atoms with Crippen molar-refractivity contribution < 1.29 is 4.79 Å². The van der Waals surface area contributed by atoms with Gasteiger partial charge in [0, 0.05) is 17.7 Å². The predicted molar refractivity (Wildman–Crippen MR) is 104 cm³/mol. The van der Waals surface area contributed by atoms with Crippen LogP contribution < -0.4 is 5.32 Å². The largest absolute Gasteiger partial charge is 0.348 e. The second-order valence-corrected chi connectivity index (χ2v) is 6.65. The number of aromatic nitrogens is 5. The molecule has 0 aliphatic carbocycles. The average molecular weight is 385 g/mol. The summed E-state index contributed by atoms with van der Waals surface area (Å²) in [5, 5.41) is 11.9. The lowest BCUT2D eigenvalue weighted by atomic mass is 10.2. The van der Waals surface area contributed by atoms with E-state index in [0.717, 1.165) is 16.8 Å². The van der Waals surface area contributed by atoms with E-state index in [1.807, 2.05) is 44.2 Å². The Morgan fingerprint density at radius 2 is 2.11 bits per heavy atom. The molecule has 1 atom stereocenters. The number of halogens is 1. The Bertz CT molecular complexity index is 917. The summed E-state index contributed by atoms with van der Waals surface area (Å²) in [5.41, 5.74) is 2.62. The van der Waals surface area contributed by atoms with Gasteiger partial charge < -0.3 is 5.32 Å². The molecule has 27 heavy (non-hydrogen) atoms. The molecule has 0 aliphatic rings. The Balaban J connectivity index is 1.63. The highest BCUT2D eigenvalue weighted by Crippen LogP contribution is 2.22. The number of nitrogens with one attached hydrogen (secondary N) is 1.